The first-order valence-corrected chi connectivity index (χ1v) is 10.1. The van der Waals surface area contributed by atoms with Crippen molar-refractivity contribution < 1.29 is 14.2 Å². The zero-order chi connectivity index (χ0) is 20.5. The van der Waals surface area contributed by atoms with E-state index in [0.29, 0.717) is 28.6 Å². The normalized spacial score (nSPS) is 15.4. The minimum absolute atomic E-state index is 0. The number of rotatable bonds is 4. The van der Waals surface area contributed by atoms with Crippen molar-refractivity contribution >= 4 is 47.2 Å². The molecule has 0 saturated carbocycles. The smallest absolute Gasteiger partial charge is 0.231 e. The first-order valence-electron chi connectivity index (χ1n) is 10.1. The fraction of sp³-hybridized carbons (Fsp3) is 0.304. The monoisotopic (exact) mass is 474 g/mol. The number of nitriles is 1. The maximum atomic E-state index is 9.76. The Balaban J connectivity index is 0.00000144. The molecule has 3 heterocycles. The van der Waals surface area contributed by atoms with Crippen molar-refractivity contribution in [1.82, 2.24) is 9.88 Å². The standard InChI is InChI=1S/C23H22N4O3.2ClH/c1-27-10-8-16(9-11-27)30-20-6-2-4-18-17(20)12-15(13-24)23(25-18)26-19-5-3-7-21-22(19)29-14-28-21;;/h2-7,12,16H,8-11,14H2,1H3,(H,25,26);2*1H. The summed E-state index contributed by atoms with van der Waals surface area (Å²) < 4.78 is 17.3. The number of nitrogens with zero attached hydrogens (tertiary/aromatic N) is 3. The lowest BCUT2D eigenvalue weighted by Crippen LogP contribution is -2.35. The van der Waals surface area contributed by atoms with Crippen LogP contribution in [0.1, 0.15) is 18.4 Å². The summed E-state index contributed by atoms with van der Waals surface area (Å²) in [5, 5.41) is 13.8. The maximum absolute atomic E-state index is 9.76. The Morgan fingerprint density at radius 2 is 1.91 bits per heavy atom. The van der Waals surface area contributed by atoms with Gasteiger partial charge in [-0.25, -0.2) is 4.98 Å². The van der Waals surface area contributed by atoms with Crippen molar-refractivity contribution in [3.8, 4) is 23.3 Å². The van der Waals surface area contributed by atoms with Crippen LogP contribution in [0, 0.1) is 11.3 Å². The van der Waals surface area contributed by atoms with Gasteiger partial charge < -0.3 is 24.4 Å². The molecule has 0 aliphatic carbocycles. The fourth-order valence-electron chi connectivity index (χ4n) is 3.89. The van der Waals surface area contributed by atoms with E-state index in [1.165, 1.54) is 0 Å². The molecule has 1 N–H and O–H groups in total. The van der Waals surface area contributed by atoms with Crippen LogP contribution < -0.4 is 19.5 Å². The highest BCUT2D eigenvalue weighted by molar-refractivity contribution is 5.89. The number of piperidine rings is 1. The number of hydrogen-bond acceptors (Lipinski definition) is 7. The zero-order valence-electron chi connectivity index (χ0n) is 17.5. The molecular weight excluding hydrogens is 451 g/mol. The van der Waals surface area contributed by atoms with Gasteiger partial charge in [0.1, 0.15) is 23.7 Å². The van der Waals surface area contributed by atoms with E-state index in [4.69, 9.17) is 19.2 Å². The minimum atomic E-state index is 0. The van der Waals surface area contributed by atoms with Crippen LogP contribution >= 0.6 is 24.8 Å². The van der Waals surface area contributed by atoms with Gasteiger partial charge in [-0.3, -0.25) is 0 Å². The molecule has 0 atom stereocenters. The molecule has 1 saturated heterocycles. The number of para-hydroxylation sites is 1. The molecule has 0 bridgehead atoms. The van der Waals surface area contributed by atoms with Gasteiger partial charge in [0.2, 0.25) is 6.79 Å². The summed E-state index contributed by atoms with van der Waals surface area (Å²) >= 11 is 0. The molecule has 0 radical (unpaired) electrons. The van der Waals surface area contributed by atoms with Crippen LogP contribution in [0.3, 0.4) is 0 Å². The van der Waals surface area contributed by atoms with Crippen LogP contribution in [0.15, 0.2) is 42.5 Å². The molecule has 3 aromatic rings. The average molecular weight is 475 g/mol. The number of anilines is 2. The molecule has 7 nitrogen and oxygen atoms in total. The Morgan fingerprint density at radius 1 is 1.12 bits per heavy atom. The quantitative estimate of drug-likeness (QED) is 0.575. The van der Waals surface area contributed by atoms with Crippen LogP contribution in [-0.4, -0.2) is 42.9 Å². The SMILES string of the molecule is CN1CCC(Oc2cccc3nc(Nc4cccc5c4OCO5)c(C#N)cc23)CC1.Cl.Cl. The molecule has 2 aromatic carbocycles. The van der Waals surface area contributed by atoms with Crippen LogP contribution in [-0.2, 0) is 0 Å². The molecule has 2 aliphatic heterocycles. The predicted octanol–water partition coefficient (Wildman–Crippen LogP) is 4.90. The largest absolute Gasteiger partial charge is 0.490 e. The third-order valence-electron chi connectivity index (χ3n) is 5.55. The molecule has 1 aromatic heterocycles. The van der Waals surface area contributed by atoms with E-state index < -0.39 is 0 Å². The third kappa shape index (κ3) is 4.63. The number of nitrogens with one attached hydrogen (secondary N) is 1. The molecule has 0 amide bonds. The van der Waals surface area contributed by atoms with Gasteiger partial charge in [0, 0.05) is 18.5 Å². The molecule has 9 heteroatoms. The summed E-state index contributed by atoms with van der Waals surface area (Å²) in [6.07, 6.45) is 2.16. The van der Waals surface area contributed by atoms with Crippen molar-refractivity contribution in [3.63, 3.8) is 0 Å². The topological polar surface area (TPSA) is 79.6 Å². The van der Waals surface area contributed by atoms with Crippen molar-refractivity contribution in [2.75, 3.05) is 32.2 Å². The van der Waals surface area contributed by atoms with Gasteiger partial charge in [0.25, 0.3) is 0 Å². The van der Waals surface area contributed by atoms with Crippen LogP contribution in [0.2, 0.25) is 0 Å². The number of benzene rings is 2. The van der Waals surface area contributed by atoms with Crippen LogP contribution in [0.5, 0.6) is 17.2 Å². The number of hydrogen-bond donors (Lipinski definition) is 1. The van der Waals surface area contributed by atoms with E-state index in [1.54, 1.807) is 0 Å². The van der Waals surface area contributed by atoms with Crippen LogP contribution in [0.25, 0.3) is 10.9 Å². The van der Waals surface area contributed by atoms with Crippen molar-refractivity contribution in [3.05, 3.63) is 48.0 Å². The summed E-state index contributed by atoms with van der Waals surface area (Å²) in [4.78, 5) is 7.03. The van der Waals surface area contributed by atoms with Gasteiger partial charge in [0.05, 0.1) is 16.8 Å². The summed E-state index contributed by atoms with van der Waals surface area (Å²) in [5.74, 6) is 2.55. The first kappa shape index (κ1) is 23.7. The lowest BCUT2D eigenvalue weighted by atomic mass is 10.1. The van der Waals surface area contributed by atoms with E-state index in [0.717, 1.165) is 42.6 Å². The summed E-state index contributed by atoms with van der Waals surface area (Å²) in [7, 11) is 2.13. The average Bonchev–Trinajstić information content (AvgIpc) is 3.25. The zero-order valence-corrected chi connectivity index (χ0v) is 19.2. The van der Waals surface area contributed by atoms with Gasteiger partial charge in [-0.1, -0.05) is 12.1 Å². The summed E-state index contributed by atoms with van der Waals surface area (Å²) in [5.41, 5.74) is 1.93. The Labute approximate surface area is 199 Å². The maximum Gasteiger partial charge on any atom is 0.231 e. The highest BCUT2D eigenvalue weighted by atomic mass is 35.5. The molecule has 0 spiro atoms. The first-order chi connectivity index (χ1) is 14.7. The highest BCUT2D eigenvalue weighted by Gasteiger charge is 2.21. The molecule has 0 unspecified atom stereocenters. The molecule has 2 aliphatic rings. The molecular formula is C23H24Cl2N4O3. The second-order valence-electron chi connectivity index (χ2n) is 7.60. The molecule has 5 rings (SSSR count). The number of aromatic nitrogens is 1. The van der Waals surface area contributed by atoms with Gasteiger partial charge in [-0.2, -0.15) is 5.26 Å². The van der Waals surface area contributed by atoms with Gasteiger partial charge in [-0.05, 0) is 50.2 Å². The van der Waals surface area contributed by atoms with Crippen molar-refractivity contribution in [1.29, 1.82) is 5.26 Å². The fourth-order valence-corrected chi connectivity index (χ4v) is 3.89. The Bertz CT molecular complexity index is 1140. The second kappa shape index (κ2) is 10.1. The van der Waals surface area contributed by atoms with Gasteiger partial charge in [-0.15, -0.1) is 24.8 Å². The number of likely N-dealkylation sites (tertiary alicyclic amines) is 1. The summed E-state index contributed by atoms with van der Waals surface area (Å²) in [6, 6.07) is 15.5. The van der Waals surface area contributed by atoms with Gasteiger partial charge in [0.15, 0.2) is 11.5 Å². The Hall–Kier alpha value is -2.92. The van der Waals surface area contributed by atoms with E-state index in [1.807, 2.05) is 42.5 Å². The lowest BCUT2D eigenvalue weighted by molar-refractivity contribution is 0.116. The van der Waals surface area contributed by atoms with E-state index >= 15 is 0 Å². The predicted molar refractivity (Wildman–Crippen MR) is 128 cm³/mol. The molecule has 1 fully saturated rings. The second-order valence-corrected chi connectivity index (χ2v) is 7.60. The van der Waals surface area contributed by atoms with E-state index in [9.17, 15) is 5.26 Å². The number of fused-ring (bicyclic) bond motifs is 2. The number of ether oxygens (including phenoxy) is 3. The Kier molecular flexibility index (Phi) is 7.52. The molecule has 32 heavy (non-hydrogen) atoms. The van der Waals surface area contributed by atoms with E-state index in [2.05, 4.69) is 23.3 Å². The van der Waals surface area contributed by atoms with Crippen LogP contribution in [0.4, 0.5) is 11.5 Å². The molecule has 168 valence electrons. The number of halogens is 2. The summed E-state index contributed by atoms with van der Waals surface area (Å²) in [6.45, 7) is 2.23. The van der Waals surface area contributed by atoms with E-state index in [-0.39, 0.29) is 37.7 Å². The van der Waals surface area contributed by atoms with Crippen molar-refractivity contribution in [2.24, 2.45) is 0 Å². The highest BCUT2D eigenvalue weighted by Crippen LogP contribution is 2.40. The minimum Gasteiger partial charge on any atom is -0.490 e. The third-order valence-corrected chi connectivity index (χ3v) is 5.55. The number of pyridine rings is 1. The van der Waals surface area contributed by atoms with Crippen molar-refractivity contribution in [2.45, 2.75) is 18.9 Å². The lowest BCUT2D eigenvalue weighted by Gasteiger charge is -2.29. The Morgan fingerprint density at radius 3 is 2.69 bits per heavy atom. The van der Waals surface area contributed by atoms with Gasteiger partial charge >= 0.3 is 0 Å².